The van der Waals surface area contributed by atoms with E-state index in [0.29, 0.717) is 24.8 Å². The molecule has 0 radical (unpaired) electrons. The van der Waals surface area contributed by atoms with Crippen LogP contribution in [0.25, 0.3) is 0 Å². The Hall–Kier alpha value is -2.57. The van der Waals surface area contributed by atoms with E-state index < -0.39 is 0 Å². The highest BCUT2D eigenvalue weighted by Crippen LogP contribution is 2.22. The minimum atomic E-state index is -0.214. The lowest BCUT2D eigenvalue weighted by Gasteiger charge is -2.21. The third-order valence-corrected chi connectivity index (χ3v) is 3.79. The minimum Gasteiger partial charge on any atom is -0.491 e. The topological polar surface area (TPSA) is 80.5 Å². The molecule has 0 spiro atoms. The number of carbonyl (C=O) groups is 1. The van der Waals surface area contributed by atoms with E-state index in [1.807, 2.05) is 45.9 Å². The predicted molar refractivity (Wildman–Crippen MR) is 94.5 cm³/mol. The first-order valence-corrected chi connectivity index (χ1v) is 8.42. The third-order valence-electron chi connectivity index (χ3n) is 3.79. The van der Waals surface area contributed by atoms with Crippen LogP contribution in [-0.4, -0.2) is 40.8 Å². The van der Waals surface area contributed by atoms with Crippen molar-refractivity contribution in [2.45, 2.75) is 46.7 Å². The molecule has 0 fully saturated rings. The minimum absolute atomic E-state index is 0.136. The van der Waals surface area contributed by atoms with Gasteiger partial charge in [0, 0.05) is 13.5 Å². The van der Waals surface area contributed by atoms with Gasteiger partial charge in [0.05, 0.1) is 6.04 Å². The largest absolute Gasteiger partial charge is 0.491 e. The van der Waals surface area contributed by atoms with Gasteiger partial charge in [-0.3, -0.25) is 0 Å². The monoisotopic (exact) mass is 346 g/mol. The van der Waals surface area contributed by atoms with Gasteiger partial charge >= 0.3 is 6.03 Å². The van der Waals surface area contributed by atoms with E-state index in [4.69, 9.17) is 9.15 Å². The number of urea groups is 1. The fourth-order valence-corrected chi connectivity index (χ4v) is 2.37. The molecule has 7 heteroatoms. The van der Waals surface area contributed by atoms with Crippen LogP contribution in [0.15, 0.2) is 22.6 Å². The summed E-state index contributed by atoms with van der Waals surface area (Å²) in [5.74, 6) is 1.86. The molecule has 2 rings (SSSR count). The van der Waals surface area contributed by atoms with Crippen molar-refractivity contribution in [2.24, 2.45) is 0 Å². The molecule has 0 aliphatic rings. The van der Waals surface area contributed by atoms with Gasteiger partial charge in [0.2, 0.25) is 11.8 Å². The standard InChI is InChI=1S/C18H26N4O3/c1-6-15-20-21-16(25-15)10-22(5)18(23)19-14(4)11-24-17-12(2)8-7-9-13(17)3/h7-9,14H,6,10-11H2,1-5H3,(H,19,23)/t14-/m0/s1. The second-order valence-corrected chi connectivity index (χ2v) is 6.18. The molecule has 2 aromatic rings. The Balaban J connectivity index is 1.82. The lowest BCUT2D eigenvalue weighted by atomic mass is 10.1. The molecular weight excluding hydrogens is 320 g/mol. The average molecular weight is 346 g/mol. The summed E-state index contributed by atoms with van der Waals surface area (Å²) in [6, 6.07) is 5.67. The SMILES string of the molecule is CCc1nnc(CN(C)C(=O)N[C@@H](C)COc2c(C)cccc2C)o1. The zero-order chi connectivity index (χ0) is 18.4. The van der Waals surface area contributed by atoms with Crippen LogP contribution >= 0.6 is 0 Å². The smallest absolute Gasteiger partial charge is 0.317 e. The highest BCUT2D eigenvalue weighted by Gasteiger charge is 2.16. The van der Waals surface area contributed by atoms with E-state index in [9.17, 15) is 4.79 Å². The van der Waals surface area contributed by atoms with Gasteiger partial charge in [0.1, 0.15) is 18.9 Å². The van der Waals surface area contributed by atoms with Crippen LogP contribution in [0.2, 0.25) is 0 Å². The predicted octanol–water partition coefficient (Wildman–Crippen LogP) is 2.86. The number of amides is 2. The molecule has 1 aromatic carbocycles. The lowest BCUT2D eigenvalue weighted by molar-refractivity contribution is 0.190. The maximum absolute atomic E-state index is 12.2. The Labute approximate surface area is 148 Å². The van der Waals surface area contributed by atoms with Crippen molar-refractivity contribution < 1.29 is 13.9 Å². The normalized spacial score (nSPS) is 11.9. The first-order chi connectivity index (χ1) is 11.9. The summed E-state index contributed by atoms with van der Waals surface area (Å²) in [5.41, 5.74) is 2.16. The van der Waals surface area contributed by atoms with Gasteiger partial charge in [0.25, 0.3) is 0 Å². The number of aryl methyl sites for hydroxylation is 3. The summed E-state index contributed by atoms with van der Waals surface area (Å²) >= 11 is 0. The number of rotatable bonds is 7. The zero-order valence-corrected chi connectivity index (χ0v) is 15.5. The van der Waals surface area contributed by atoms with Crippen LogP contribution in [0.1, 0.15) is 36.8 Å². The first-order valence-electron chi connectivity index (χ1n) is 8.42. The van der Waals surface area contributed by atoms with Gasteiger partial charge in [-0.1, -0.05) is 25.1 Å². The van der Waals surface area contributed by atoms with Crippen molar-refractivity contribution in [3.05, 3.63) is 41.1 Å². The molecule has 0 saturated heterocycles. The van der Waals surface area contributed by atoms with Crippen molar-refractivity contribution in [1.29, 1.82) is 0 Å². The van der Waals surface area contributed by atoms with E-state index in [1.54, 1.807) is 7.05 Å². The number of hydrogen-bond acceptors (Lipinski definition) is 5. The second-order valence-electron chi connectivity index (χ2n) is 6.18. The lowest BCUT2D eigenvalue weighted by Crippen LogP contribution is -2.43. The number of carbonyl (C=O) groups excluding carboxylic acids is 1. The van der Waals surface area contributed by atoms with Gasteiger partial charge in [-0.05, 0) is 31.9 Å². The summed E-state index contributed by atoms with van der Waals surface area (Å²) in [6.45, 7) is 8.52. The molecule has 1 heterocycles. The third kappa shape index (κ3) is 5.20. The van der Waals surface area contributed by atoms with Crippen molar-refractivity contribution in [1.82, 2.24) is 20.4 Å². The summed E-state index contributed by atoms with van der Waals surface area (Å²) in [7, 11) is 1.68. The Morgan fingerprint density at radius 3 is 2.52 bits per heavy atom. The maximum atomic E-state index is 12.2. The molecule has 0 bridgehead atoms. The number of hydrogen-bond donors (Lipinski definition) is 1. The summed E-state index contributed by atoms with van der Waals surface area (Å²) in [6.07, 6.45) is 0.676. The summed E-state index contributed by atoms with van der Waals surface area (Å²) < 4.78 is 11.3. The molecule has 0 aliphatic heterocycles. The van der Waals surface area contributed by atoms with Gasteiger partial charge in [-0.15, -0.1) is 10.2 Å². The van der Waals surface area contributed by atoms with Gasteiger partial charge in [0.15, 0.2) is 0 Å². The first kappa shape index (κ1) is 18.8. The molecule has 136 valence electrons. The molecule has 1 N–H and O–H groups in total. The van der Waals surface area contributed by atoms with Crippen LogP contribution in [0.4, 0.5) is 4.79 Å². The van der Waals surface area contributed by atoms with Crippen molar-refractivity contribution in [3.8, 4) is 5.75 Å². The number of para-hydroxylation sites is 1. The number of nitrogens with one attached hydrogen (secondary N) is 1. The van der Waals surface area contributed by atoms with Crippen LogP contribution in [0, 0.1) is 13.8 Å². The van der Waals surface area contributed by atoms with E-state index in [2.05, 4.69) is 15.5 Å². The molecular formula is C18H26N4O3. The Morgan fingerprint density at radius 2 is 1.92 bits per heavy atom. The van der Waals surface area contributed by atoms with Gasteiger partial charge in [-0.25, -0.2) is 4.79 Å². The van der Waals surface area contributed by atoms with Gasteiger partial charge in [-0.2, -0.15) is 0 Å². The quantitative estimate of drug-likeness (QED) is 0.834. The molecule has 0 unspecified atom stereocenters. The Kier molecular flexibility index (Phi) is 6.38. The second kappa shape index (κ2) is 8.50. The summed E-state index contributed by atoms with van der Waals surface area (Å²) in [4.78, 5) is 13.8. The molecule has 1 aromatic heterocycles. The van der Waals surface area contributed by atoms with Crippen molar-refractivity contribution >= 4 is 6.03 Å². The summed E-state index contributed by atoms with van der Waals surface area (Å²) in [5, 5.41) is 10.7. The van der Waals surface area contributed by atoms with Crippen LogP contribution < -0.4 is 10.1 Å². The van der Waals surface area contributed by atoms with Crippen molar-refractivity contribution in [3.63, 3.8) is 0 Å². The number of benzene rings is 1. The van der Waals surface area contributed by atoms with Crippen LogP contribution in [0.5, 0.6) is 5.75 Å². The van der Waals surface area contributed by atoms with E-state index in [1.165, 1.54) is 4.90 Å². The molecule has 0 aliphatic carbocycles. The van der Waals surface area contributed by atoms with Crippen LogP contribution in [0.3, 0.4) is 0 Å². The Morgan fingerprint density at radius 1 is 1.28 bits per heavy atom. The van der Waals surface area contributed by atoms with E-state index in [0.717, 1.165) is 16.9 Å². The van der Waals surface area contributed by atoms with E-state index >= 15 is 0 Å². The molecule has 1 atom stereocenters. The molecule has 2 amide bonds. The highest BCUT2D eigenvalue weighted by atomic mass is 16.5. The maximum Gasteiger partial charge on any atom is 0.317 e. The van der Waals surface area contributed by atoms with Gasteiger partial charge < -0.3 is 19.4 Å². The number of nitrogens with zero attached hydrogens (tertiary/aromatic N) is 3. The Bertz CT molecular complexity index is 694. The number of ether oxygens (including phenoxy) is 1. The van der Waals surface area contributed by atoms with Crippen LogP contribution in [-0.2, 0) is 13.0 Å². The highest BCUT2D eigenvalue weighted by molar-refractivity contribution is 5.74. The number of aromatic nitrogens is 2. The fourth-order valence-electron chi connectivity index (χ4n) is 2.37. The molecule has 25 heavy (non-hydrogen) atoms. The zero-order valence-electron chi connectivity index (χ0n) is 15.5. The van der Waals surface area contributed by atoms with Crippen molar-refractivity contribution in [2.75, 3.05) is 13.7 Å². The fraction of sp³-hybridized carbons (Fsp3) is 0.500. The van der Waals surface area contributed by atoms with E-state index in [-0.39, 0.29) is 18.6 Å². The average Bonchev–Trinajstić information content (AvgIpc) is 3.02. The molecule has 0 saturated carbocycles. The molecule has 7 nitrogen and oxygen atoms in total.